The third kappa shape index (κ3) is 3.91. The number of nitrogens with two attached hydrogens (primary N) is 1. The Bertz CT molecular complexity index is 315. The molecule has 2 N–H and O–H groups in total. The molecule has 16 heavy (non-hydrogen) atoms. The van der Waals surface area contributed by atoms with Crippen LogP contribution in [0.1, 0.15) is 18.9 Å². The van der Waals surface area contributed by atoms with Crippen molar-refractivity contribution >= 4 is 0 Å². The molecule has 0 fully saturated rings. The van der Waals surface area contributed by atoms with Crippen molar-refractivity contribution in [2.24, 2.45) is 5.73 Å². The molecule has 0 amide bonds. The molecule has 1 aromatic rings. The highest BCUT2D eigenvalue weighted by Gasteiger charge is 2.09. The minimum absolute atomic E-state index is 0.109. The Balaban J connectivity index is 2.42. The predicted molar refractivity (Wildman–Crippen MR) is 65.9 cm³/mol. The molecule has 0 bridgehead atoms. The Hall–Kier alpha value is -0.930. The van der Waals surface area contributed by atoms with Gasteiger partial charge in [0.2, 0.25) is 0 Å². The van der Waals surface area contributed by atoms with Gasteiger partial charge in [-0.2, -0.15) is 0 Å². The lowest BCUT2D eigenvalue weighted by Crippen LogP contribution is -2.32. The van der Waals surface area contributed by atoms with Gasteiger partial charge in [-0.15, -0.1) is 0 Å². The van der Waals surface area contributed by atoms with Gasteiger partial charge in [0.1, 0.15) is 5.82 Å². The quantitative estimate of drug-likeness (QED) is 0.801. The fourth-order valence-electron chi connectivity index (χ4n) is 1.68. The number of nitrogens with zero attached hydrogens (tertiary/aromatic N) is 1. The van der Waals surface area contributed by atoms with Gasteiger partial charge in [0.05, 0.1) is 0 Å². The monoisotopic (exact) mass is 224 g/mol. The Morgan fingerprint density at radius 3 is 2.69 bits per heavy atom. The van der Waals surface area contributed by atoms with Crippen molar-refractivity contribution in [3.63, 3.8) is 0 Å². The topological polar surface area (TPSA) is 29.3 Å². The number of halogens is 1. The first-order chi connectivity index (χ1) is 7.65. The van der Waals surface area contributed by atoms with E-state index >= 15 is 0 Å². The van der Waals surface area contributed by atoms with E-state index in [0.29, 0.717) is 12.6 Å². The van der Waals surface area contributed by atoms with Crippen LogP contribution in [-0.4, -0.2) is 31.1 Å². The summed E-state index contributed by atoms with van der Waals surface area (Å²) in [6.07, 6.45) is 1.73. The van der Waals surface area contributed by atoms with E-state index in [1.807, 2.05) is 12.1 Å². The van der Waals surface area contributed by atoms with Gasteiger partial charge in [-0.05, 0) is 45.0 Å². The van der Waals surface area contributed by atoms with Crippen molar-refractivity contribution in [2.45, 2.75) is 25.8 Å². The molecule has 0 heterocycles. The average molecular weight is 224 g/mol. The molecular formula is C13H21FN2. The molecule has 1 atom stereocenters. The first-order valence-corrected chi connectivity index (χ1v) is 5.79. The maximum Gasteiger partial charge on any atom is 0.126 e. The van der Waals surface area contributed by atoms with Crippen LogP contribution in [0.25, 0.3) is 0 Å². The zero-order valence-corrected chi connectivity index (χ0v) is 10.1. The second kappa shape index (κ2) is 6.61. The molecule has 0 saturated heterocycles. The van der Waals surface area contributed by atoms with Crippen LogP contribution < -0.4 is 5.73 Å². The van der Waals surface area contributed by atoms with E-state index in [4.69, 9.17) is 5.73 Å². The van der Waals surface area contributed by atoms with Crippen molar-refractivity contribution in [3.8, 4) is 0 Å². The summed E-state index contributed by atoms with van der Waals surface area (Å²) >= 11 is 0. The van der Waals surface area contributed by atoms with E-state index in [9.17, 15) is 4.39 Å². The average Bonchev–Trinajstić information content (AvgIpc) is 2.28. The third-order valence-corrected chi connectivity index (χ3v) is 3.03. The van der Waals surface area contributed by atoms with E-state index in [1.54, 1.807) is 6.07 Å². The van der Waals surface area contributed by atoms with Crippen molar-refractivity contribution < 1.29 is 4.39 Å². The minimum atomic E-state index is -0.109. The second-order valence-corrected chi connectivity index (χ2v) is 4.25. The SMILES string of the molecule is CC(CCN)N(C)CCc1ccccc1F. The summed E-state index contributed by atoms with van der Waals surface area (Å²) in [5, 5.41) is 0. The molecule has 0 aromatic heterocycles. The van der Waals surface area contributed by atoms with E-state index in [2.05, 4.69) is 18.9 Å². The molecule has 0 spiro atoms. The molecule has 3 heteroatoms. The maximum atomic E-state index is 13.4. The van der Waals surface area contributed by atoms with Gasteiger partial charge >= 0.3 is 0 Å². The zero-order valence-electron chi connectivity index (χ0n) is 10.1. The van der Waals surface area contributed by atoms with E-state index in [1.165, 1.54) is 6.07 Å². The normalized spacial score (nSPS) is 13.1. The molecule has 90 valence electrons. The van der Waals surface area contributed by atoms with Gasteiger partial charge in [-0.25, -0.2) is 4.39 Å². The highest BCUT2D eigenvalue weighted by Crippen LogP contribution is 2.09. The van der Waals surface area contributed by atoms with Crippen LogP contribution in [0, 0.1) is 5.82 Å². The van der Waals surface area contributed by atoms with E-state index in [-0.39, 0.29) is 5.82 Å². The second-order valence-electron chi connectivity index (χ2n) is 4.25. The molecule has 1 aromatic carbocycles. The zero-order chi connectivity index (χ0) is 12.0. The molecule has 1 unspecified atom stereocenters. The largest absolute Gasteiger partial charge is 0.330 e. The van der Waals surface area contributed by atoms with Crippen molar-refractivity contribution in [1.29, 1.82) is 0 Å². The van der Waals surface area contributed by atoms with Gasteiger partial charge < -0.3 is 10.6 Å². The van der Waals surface area contributed by atoms with Crippen molar-refractivity contribution in [3.05, 3.63) is 35.6 Å². The van der Waals surface area contributed by atoms with Gasteiger partial charge in [-0.3, -0.25) is 0 Å². The Labute approximate surface area is 97.3 Å². The molecule has 2 nitrogen and oxygen atoms in total. The summed E-state index contributed by atoms with van der Waals surface area (Å²) in [5.41, 5.74) is 6.30. The number of hydrogen-bond acceptors (Lipinski definition) is 2. The van der Waals surface area contributed by atoms with Crippen molar-refractivity contribution in [1.82, 2.24) is 4.90 Å². The van der Waals surface area contributed by atoms with Crippen LogP contribution in [0.3, 0.4) is 0 Å². The highest BCUT2D eigenvalue weighted by atomic mass is 19.1. The van der Waals surface area contributed by atoms with Crippen LogP contribution in [0.4, 0.5) is 4.39 Å². The molecule has 1 rings (SSSR count). The Morgan fingerprint density at radius 1 is 1.38 bits per heavy atom. The first-order valence-electron chi connectivity index (χ1n) is 5.79. The minimum Gasteiger partial charge on any atom is -0.330 e. The fourth-order valence-corrected chi connectivity index (χ4v) is 1.68. The van der Waals surface area contributed by atoms with Crippen molar-refractivity contribution in [2.75, 3.05) is 20.1 Å². The van der Waals surface area contributed by atoms with E-state index in [0.717, 1.165) is 24.9 Å². The van der Waals surface area contributed by atoms with Crippen LogP contribution in [0.2, 0.25) is 0 Å². The fraction of sp³-hybridized carbons (Fsp3) is 0.538. The number of rotatable bonds is 6. The Kier molecular flexibility index (Phi) is 5.43. The summed E-state index contributed by atoms with van der Waals surface area (Å²) in [6, 6.07) is 7.41. The van der Waals surface area contributed by atoms with E-state index < -0.39 is 0 Å². The summed E-state index contributed by atoms with van der Waals surface area (Å²) in [6.45, 7) is 3.71. The van der Waals surface area contributed by atoms with Gasteiger partial charge in [-0.1, -0.05) is 18.2 Å². The summed E-state index contributed by atoms with van der Waals surface area (Å²) in [7, 11) is 2.06. The van der Waals surface area contributed by atoms with Gasteiger partial charge in [0.25, 0.3) is 0 Å². The number of hydrogen-bond donors (Lipinski definition) is 1. The first kappa shape index (κ1) is 13.1. The lowest BCUT2D eigenvalue weighted by atomic mass is 10.1. The Morgan fingerprint density at radius 2 is 2.06 bits per heavy atom. The third-order valence-electron chi connectivity index (χ3n) is 3.03. The molecule has 0 radical (unpaired) electrons. The summed E-state index contributed by atoms with van der Waals surface area (Å²) in [4.78, 5) is 2.22. The van der Waals surface area contributed by atoms with Crippen LogP contribution in [0.15, 0.2) is 24.3 Å². The molecule has 0 aliphatic rings. The standard InChI is InChI=1S/C13H21FN2/c1-11(7-9-15)16(2)10-8-12-5-3-4-6-13(12)14/h3-6,11H,7-10,15H2,1-2H3. The molecular weight excluding hydrogens is 203 g/mol. The predicted octanol–water partition coefficient (Wildman–Crippen LogP) is 2.04. The van der Waals surface area contributed by atoms with Gasteiger partial charge in [0.15, 0.2) is 0 Å². The van der Waals surface area contributed by atoms with Crippen LogP contribution in [-0.2, 0) is 6.42 Å². The smallest absolute Gasteiger partial charge is 0.126 e. The highest BCUT2D eigenvalue weighted by molar-refractivity contribution is 5.17. The van der Waals surface area contributed by atoms with Crippen LogP contribution in [0.5, 0.6) is 0 Å². The van der Waals surface area contributed by atoms with Gasteiger partial charge in [0, 0.05) is 12.6 Å². The maximum absolute atomic E-state index is 13.4. The molecule has 0 aliphatic heterocycles. The summed E-state index contributed by atoms with van der Waals surface area (Å²) < 4.78 is 13.4. The number of benzene rings is 1. The summed E-state index contributed by atoms with van der Waals surface area (Å²) in [5.74, 6) is -0.109. The molecule has 0 aliphatic carbocycles. The molecule has 0 saturated carbocycles. The number of likely N-dealkylation sites (N-methyl/N-ethyl adjacent to an activating group) is 1. The lowest BCUT2D eigenvalue weighted by Gasteiger charge is -2.24. The lowest BCUT2D eigenvalue weighted by molar-refractivity contribution is 0.250. The van der Waals surface area contributed by atoms with Crippen LogP contribution >= 0.6 is 0 Å².